The van der Waals surface area contributed by atoms with E-state index in [4.69, 9.17) is 10.00 Å². The first-order valence-electron chi connectivity index (χ1n) is 7.72. The summed E-state index contributed by atoms with van der Waals surface area (Å²) in [6.45, 7) is 0. The Bertz CT molecular complexity index is 964. The molecule has 128 valence electrons. The smallest absolute Gasteiger partial charge is 0.275 e. The number of carbonyl (C=O) groups is 1. The number of ether oxygens (including phenoxy) is 1. The van der Waals surface area contributed by atoms with E-state index in [1.165, 1.54) is 12.4 Å². The van der Waals surface area contributed by atoms with Crippen molar-refractivity contribution >= 4 is 23.1 Å². The second-order valence-electron chi connectivity index (χ2n) is 5.29. The highest BCUT2D eigenvalue weighted by Crippen LogP contribution is 2.18. The van der Waals surface area contributed by atoms with Gasteiger partial charge in [0.1, 0.15) is 17.3 Å². The first-order valence-corrected chi connectivity index (χ1v) is 7.72. The third-order valence-corrected chi connectivity index (χ3v) is 3.48. The van der Waals surface area contributed by atoms with Crippen molar-refractivity contribution in [3.8, 4) is 11.8 Å². The minimum Gasteiger partial charge on any atom is -0.497 e. The van der Waals surface area contributed by atoms with Gasteiger partial charge in [-0.05, 0) is 30.3 Å². The van der Waals surface area contributed by atoms with Crippen LogP contribution in [0.3, 0.4) is 0 Å². The number of hydrogen-bond acceptors (Lipinski definition) is 6. The van der Waals surface area contributed by atoms with E-state index in [9.17, 15) is 4.79 Å². The number of aromatic nitrogens is 2. The molecule has 0 aliphatic heterocycles. The maximum absolute atomic E-state index is 12.3. The quantitative estimate of drug-likeness (QED) is 0.735. The molecular weight excluding hydrogens is 330 g/mol. The molecule has 2 aromatic carbocycles. The Labute approximate surface area is 150 Å². The molecule has 0 unspecified atom stereocenters. The van der Waals surface area contributed by atoms with Gasteiger partial charge in [-0.2, -0.15) is 5.26 Å². The molecule has 0 bridgehead atoms. The number of amides is 1. The lowest BCUT2D eigenvalue weighted by Crippen LogP contribution is -2.14. The maximum Gasteiger partial charge on any atom is 0.275 e. The Morgan fingerprint density at radius 2 is 1.88 bits per heavy atom. The lowest BCUT2D eigenvalue weighted by Gasteiger charge is -2.08. The molecule has 0 radical (unpaired) electrons. The van der Waals surface area contributed by atoms with Crippen LogP contribution in [0.4, 0.5) is 17.2 Å². The molecule has 7 heteroatoms. The Hall–Kier alpha value is -3.92. The van der Waals surface area contributed by atoms with E-state index in [1.54, 1.807) is 49.6 Å². The number of benzene rings is 2. The molecule has 0 aliphatic carbocycles. The van der Waals surface area contributed by atoms with Crippen LogP contribution in [0.15, 0.2) is 60.9 Å². The summed E-state index contributed by atoms with van der Waals surface area (Å²) in [5, 5.41) is 14.7. The summed E-state index contributed by atoms with van der Waals surface area (Å²) in [5.41, 5.74) is 2.04. The largest absolute Gasteiger partial charge is 0.497 e. The Balaban J connectivity index is 1.68. The summed E-state index contributed by atoms with van der Waals surface area (Å²) < 4.78 is 5.12. The predicted molar refractivity (Wildman–Crippen MR) is 97.4 cm³/mol. The monoisotopic (exact) mass is 345 g/mol. The van der Waals surface area contributed by atoms with Crippen LogP contribution in [0, 0.1) is 11.3 Å². The predicted octanol–water partition coefficient (Wildman–Crippen LogP) is 3.35. The molecular formula is C19H15N5O2. The van der Waals surface area contributed by atoms with Crippen molar-refractivity contribution in [3.63, 3.8) is 0 Å². The van der Waals surface area contributed by atoms with E-state index < -0.39 is 0 Å². The maximum atomic E-state index is 12.3. The van der Waals surface area contributed by atoms with Gasteiger partial charge in [0.05, 0.1) is 31.1 Å². The molecule has 3 rings (SSSR count). The summed E-state index contributed by atoms with van der Waals surface area (Å²) in [6.07, 6.45) is 2.84. The number of nitrogens with zero attached hydrogens (tertiary/aromatic N) is 3. The number of hydrogen-bond donors (Lipinski definition) is 2. The number of rotatable bonds is 5. The van der Waals surface area contributed by atoms with Crippen molar-refractivity contribution < 1.29 is 9.53 Å². The molecule has 0 aliphatic rings. The Morgan fingerprint density at radius 3 is 2.62 bits per heavy atom. The third kappa shape index (κ3) is 4.13. The molecule has 0 spiro atoms. The van der Waals surface area contributed by atoms with Crippen LogP contribution in [0.1, 0.15) is 16.1 Å². The van der Waals surface area contributed by atoms with Gasteiger partial charge < -0.3 is 15.4 Å². The third-order valence-electron chi connectivity index (χ3n) is 3.48. The Kier molecular flexibility index (Phi) is 5.05. The van der Waals surface area contributed by atoms with Gasteiger partial charge in [-0.25, -0.2) is 9.97 Å². The van der Waals surface area contributed by atoms with Crippen LogP contribution in [0.25, 0.3) is 0 Å². The van der Waals surface area contributed by atoms with E-state index in [0.717, 1.165) is 0 Å². The molecule has 1 heterocycles. The molecule has 3 aromatic rings. The summed E-state index contributed by atoms with van der Waals surface area (Å²) in [5.74, 6) is 0.745. The van der Waals surface area contributed by atoms with Gasteiger partial charge in [0.2, 0.25) is 0 Å². The highest BCUT2D eigenvalue weighted by molar-refractivity contribution is 6.02. The average Bonchev–Trinajstić information content (AvgIpc) is 2.69. The van der Waals surface area contributed by atoms with Gasteiger partial charge in [0.15, 0.2) is 0 Å². The fraction of sp³-hybridized carbons (Fsp3) is 0.0526. The van der Waals surface area contributed by atoms with E-state index in [0.29, 0.717) is 28.5 Å². The molecule has 1 aromatic heterocycles. The molecule has 0 saturated heterocycles. The normalized spacial score (nSPS) is 9.85. The Morgan fingerprint density at radius 1 is 1.08 bits per heavy atom. The lowest BCUT2D eigenvalue weighted by molar-refractivity contribution is 0.102. The number of nitriles is 1. The van der Waals surface area contributed by atoms with Crippen LogP contribution < -0.4 is 15.4 Å². The van der Waals surface area contributed by atoms with Crippen molar-refractivity contribution in [2.75, 3.05) is 17.7 Å². The number of methoxy groups -OCH3 is 1. The zero-order valence-corrected chi connectivity index (χ0v) is 13.9. The molecule has 2 N–H and O–H groups in total. The molecule has 1 amide bonds. The van der Waals surface area contributed by atoms with E-state index in [1.807, 2.05) is 6.07 Å². The van der Waals surface area contributed by atoms with Crippen molar-refractivity contribution in [3.05, 3.63) is 72.2 Å². The highest BCUT2D eigenvalue weighted by atomic mass is 16.5. The minimum atomic E-state index is -0.371. The van der Waals surface area contributed by atoms with Crippen molar-refractivity contribution in [1.29, 1.82) is 5.26 Å². The topological polar surface area (TPSA) is 99.9 Å². The first kappa shape index (κ1) is 16.9. The molecule has 26 heavy (non-hydrogen) atoms. The SMILES string of the molecule is COc1cccc(NC(=O)c2cnc(Nc3cccc(C#N)c3)cn2)c1. The van der Waals surface area contributed by atoms with Crippen LogP contribution in [-0.4, -0.2) is 23.0 Å². The lowest BCUT2D eigenvalue weighted by atomic mass is 10.2. The summed E-state index contributed by atoms with van der Waals surface area (Å²) in [7, 11) is 1.56. The summed E-state index contributed by atoms with van der Waals surface area (Å²) >= 11 is 0. The molecule has 7 nitrogen and oxygen atoms in total. The van der Waals surface area contributed by atoms with E-state index in [2.05, 4.69) is 26.7 Å². The van der Waals surface area contributed by atoms with Crippen LogP contribution in [0.2, 0.25) is 0 Å². The fourth-order valence-corrected chi connectivity index (χ4v) is 2.22. The van der Waals surface area contributed by atoms with Gasteiger partial charge in [-0.1, -0.05) is 12.1 Å². The summed E-state index contributed by atoms with van der Waals surface area (Å²) in [4.78, 5) is 20.6. The van der Waals surface area contributed by atoms with Crippen molar-refractivity contribution in [2.24, 2.45) is 0 Å². The summed E-state index contributed by atoms with van der Waals surface area (Å²) in [6, 6.07) is 16.1. The number of nitrogens with one attached hydrogen (secondary N) is 2. The van der Waals surface area contributed by atoms with Gasteiger partial charge >= 0.3 is 0 Å². The van der Waals surface area contributed by atoms with Crippen LogP contribution in [-0.2, 0) is 0 Å². The molecule has 0 saturated carbocycles. The molecule has 0 fully saturated rings. The molecule has 0 atom stereocenters. The van der Waals surface area contributed by atoms with Crippen LogP contribution in [0.5, 0.6) is 5.75 Å². The first-order chi connectivity index (χ1) is 12.7. The van der Waals surface area contributed by atoms with Gasteiger partial charge in [0.25, 0.3) is 5.91 Å². The fourth-order valence-electron chi connectivity index (χ4n) is 2.22. The van der Waals surface area contributed by atoms with Crippen LogP contribution >= 0.6 is 0 Å². The zero-order chi connectivity index (χ0) is 18.4. The standard InChI is InChI=1S/C19H15N5O2/c1-26-16-7-3-6-15(9-16)24-19(25)17-11-22-18(12-21-17)23-14-5-2-4-13(8-14)10-20/h2-9,11-12H,1H3,(H,22,23)(H,24,25). The van der Waals surface area contributed by atoms with E-state index >= 15 is 0 Å². The average molecular weight is 345 g/mol. The second kappa shape index (κ2) is 7.77. The van der Waals surface area contributed by atoms with Gasteiger partial charge in [0, 0.05) is 17.4 Å². The second-order valence-corrected chi connectivity index (χ2v) is 5.29. The number of anilines is 3. The van der Waals surface area contributed by atoms with Gasteiger partial charge in [-0.3, -0.25) is 4.79 Å². The zero-order valence-electron chi connectivity index (χ0n) is 13.9. The van der Waals surface area contributed by atoms with Crippen molar-refractivity contribution in [2.45, 2.75) is 0 Å². The van der Waals surface area contributed by atoms with E-state index in [-0.39, 0.29) is 11.6 Å². The van der Waals surface area contributed by atoms with Gasteiger partial charge in [-0.15, -0.1) is 0 Å². The minimum absolute atomic E-state index is 0.184. The van der Waals surface area contributed by atoms with Crippen molar-refractivity contribution in [1.82, 2.24) is 9.97 Å². The number of carbonyl (C=O) groups excluding carboxylic acids is 1. The highest BCUT2D eigenvalue weighted by Gasteiger charge is 2.09.